The van der Waals surface area contributed by atoms with E-state index in [2.05, 4.69) is 20.8 Å². The van der Waals surface area contributed by atoms with Gasteiger partial charge in [0, 0.05) is 12.6 Å². The van der Waals surface area contributed by atoms with Crippen LogP contribution in [0.25, 0.3) is 0 Å². The van der Waals surface area contributed by atoms with Crippen LogP contribution in [0.3, 0.4) is 0 Å². The van der Waals surface area contributed by atoms with E-state index in [-0.39, 0.29) is 18.1 Å². The van der Waals surface area contributed by atoms with E-state index in [4.69, 9.17) is 0 Å². The van der Waals surface area contributed by atoms with E-state index < -0.39 is 0 Å². The maximum Gasteiger partial charge on any atom is 0.315 e. The largest absolute Gasteiger partial charge is 0.334 e. The molecule has 0 aliphatic heterocycles. The summed E-state index contributed by atoms with van der Waals surface area (Å²) in [5.74, 6) is 0. The molecule has 0 saturated carbocycles. The minimum absolute atomic E-state index is 0.212. The lowest BCUT2D eigenvalue weighted by molar-refractivity contribution is 0.240. The molecule has 6 heteroatoms. The van der Waals surface area contributed by atoms with Gasteiger partial charge in [0.25, 0.3) is 5.56 Å². The van der Waals surface area contributed by atoms with Gasteiger partial charge < -0.3 is 15.7 Å². The van der Waals surface area contributed by atoms with Gasteiger partial charge in [-0.05, 0) is 5.56 Å². The van der Waals surface area contributed by atoms with Gasteiger partial charge in [0.15, 0.2) is 0 Å². The van der Waals surface area contributed by atoms with Gasteiger partial charge in [-0.1, -0.05) is 30.3 Å². The van der Waals surface area contributed by atoms with Crippen molar-refractivity contribution in [1.29, 1.82) is 0 Å². The average Bonchev–Trinajstić information content (AvgIpc) is 2.81. The van der Waals surface area contributed by atoms with E-state index >= 15 is 0 Å². The molecule has 94 valence electrons. The Balaban J connectivity index is 1.74. The highest BCUT2D eigenvalue weighted by atomic mass is 16.2. The maximum absolute atomic E-state index is 11.5. The lowest BCUT2D eigenvalue weighted by Crippen LogP contribution is -2.34. The van der Waals surface area contributed by atoms with Crippen molar-refractivity contribution in [1.82, 2.24) is 20.8 Å². The Hall–Kier alpha value is -2.50. The second-order valence-electron chi connectivity index (χ2n) is 3.81. The summed E-state index contributed by atoms with van der Waals surface area (Å²) in [4.78, 5) is 22.3. The number of amides is 2. The number of carbonyl (C=O) groups is 1. The Labute approximate surface area is 103 Å². The number of urea groups is 1. The summed E-state index contributed by atoms with van der Waals surface area (Å²) in [5, 5.41) is 10.4. The van der Waals surface area contributed by atoms with E-state index in [0.717, 1.165) is 5.56 Å². The van der Waals surface area contributed by atoms with Crippen molar-refractivity contribution >= 4 is 6.03 Å². The summed E-state index contributed by atoms with van der Waals surface area (Å²) in [6.45, 7) is 0.746. The Morgan fingerprint density at radius 3 is 2.44 bits per heavy atom. The van der Waals surface area contributed by atoms with Crippen LogP contribution in [0.2, 0.25) is 0 Å². The average molecular weight is 246 g/mol. The van der Waals surface area contributed by atoms with Crippen molar-refractivity contribution in [2.45, 2.75) is 13.1 Å². The van der Waals surface area contributed by atoms with Gasteiger partial charge in [-0.3, -0.25) is 9.89 Å². The van der Waals surface area contributed by atoms with Gasteiger partial charge in [-0.25, -0.2) is 4.79 Å². The summed E-state index contributed by atoms with van der Waals surface area (Å²) >= 11 is 0. The molecule has 0 aliphatic carbocycles. The minimum atomic E-state index is -0.277. The normalized spacial score (nSPS) is 10.0. The number of hydrogen-bond acceptors (Lipinski definition) is 2. The Morgan fingerprint density at radius 2 is 1.78 bits per heavy atom. The molecule has 0 bridgehead atoms. The lowest BCUT2D eigenvalue weighted by atomic mass is 10.2. The molecule has 18 heavy (non-hydrogen) atoms. The summed E-state index contributed by atoms with van der Waals surface area (Å²) in [6, 6.07) is 10.7. The van der Waals surface area contributed by atoms with Gasteiger partial charge in [-0.15, -0.1) is 0 Å². The van der Waals surface area contributed by atoms with Crippen LogP contribution in [0, 0.1) is 0 Å². The molecule has 2 amide bonds. The SMILES string of the molecule is O=C(NCc1ccccc1)NCc1cc(=O)[nH][nH]1. The molecular formula is C12H14N4O2. The summed E-state index contributed by atoms with van der Waals surface area (Å²) in [6.07, 6.45) is 0. The lowest BCUT2D eigenvalue weighted by Gasteiger charge is -2.06. The Morgan fingerprint density at radius 1 is 1.06 bits per heavy atom. The van der Waals surface area contributed by atoms with Crippen molar-refractivity contribution in [3.8, 4) is 0 Å². The quantitative estimate of drug-likeness (QED) is 0.639. The van der Waals surface area contributed by atoms with Crippen LogP contribution in [-0.4, -0.2) is 16.2 Å². The molecule has 0 radical (unpaired) electrons. The second kappa shape index (κ2) is 5.72. The predicted octanol–water partition coefficient (Wildman–Crippen LogP) is 0.702. The van der Waals surface area contributed by atoms with Crippen molar-refractivity contribution in [2.24, 2.45) is 0 Å². The van der Waals surface area contributed by atoms with Gasteiger partial charge in [0.05, 0.1) is 12.2 Å². The number of hydrogen-bond donors (Lipinski definition) is 4. The third-order valence-electron chi connectivity index (χ3n) is 2.39. The Kier molecular flexibility index (Phi) is 3.80. The first kappa shape index (κ1) is 12.0. The maximum atomic E-state index is 11.5. The number of aromatic amines is 2. The zero-order valence-electron chi connectivity index (χ0n) is 9.69. The fourth-order valence-corrected chi connectivity index (χ4v) is 1.48. The fraction of sp³-hybridized carbons (Fsp3) is 0.167. The highest BCUT2D eigenvalue weighted by Crippen LogP contribution is 1.96. The predicted molar refractivity (Wildman–Crippen MR) is 66.9 cm³/mol. The van der Waals surface area contributed by atoms with Crippen LogP contribution in [0.4, 0.5) is 4.79 Å². The molecule has 0 atom stereocenters. The van der Waals surface area contributed by atoms with Crippen molar-refractivity contribution in [3.63, 3.8) is 0 Å². The molecule has 0 unspecified atom stereocenters. The Bertz CT molecular complexity index is 559. The van der Waals surface area contributed by atoms with Crippen LogP contribution in [0.5, 0.6) is 0 Å². The molecule has 1 heterocycles. The first-order valence-corrected chi connectivity index (χ1v) is 5.56. The first-order valence-electron chi connectivity index (χ1n) is 5.56. The fourth-order valence-electron chi connectivity index (χ4n) is 1.48. The molecule has 1 aromatic carbocycles. The van der Waals surface area contributed by atoms with E-state index in [1.807, 2.05) is 30.3 Å². The summed E-state index contributed by atoms with van der Waals surface area (Å²) < 4.78 is 0. The molecule has 6 nitrogen and oxygen atoms in total. The van der Waals surface area contributed by atoms with E-state index in [0.29, 0.717) is 12.2 Å². The van der Waals surface area contributed by atoms with E-state index in [1.54, 1.807) is 0 Å². The first-order chi connectivity index (χ1) is 8.74. The third-order valence-corrected chi connectivity index (χ3v) is 2.39. The van der Waals surface area contributed by atoms with Gasteiger partial charge in [0.1, 0.15) is 0 Å². The van der Waals surface area contributed by atoms with E-state index in [1.165, 1.54) is 6.07 Å². The summed E-state index contributed by atoms with van der Waals surface area (Å²) in [5.41, 5.74) is 1.45. The highest BCUT2D eigenvalue weighted by Gasteiger charge is 2.01. The smallest absolute Gasteiger partial charge is 0.315 e. The molecule has 0 aliphatic rings. The van der Waals surface area contributed by atoms with E-state index in [9.17, 15) is 9.59 Å². The topological polar surface area (TPSA) is 89.8 Å². The minimum Gasteiger partial charge on any atom is -0.334 e. The number of rotatable bonds is 4. The zero-order chi connectivity index (χ0) is 12.8. The van der Waals surface area contributed by atoms with Crippen LogP contribution in [0.1, 0.15) is 11.3 Å². The van der Waals surface area contributed by atoms with Crippen LogP contribution < -0.4 is 16.2 Å². The van der Waals surface area contributed by atoms with Gasteiger partial charge in [-0.2, -0.15) is 0 Å². The van der Waals surface area contributed by atoms with Crippen LogP contribution in [0.15, 0.2) is 41.2 Å². The monoisotopic (exact) mass is 246 g/mol. The molecule has 0 spiro atoms. The van der Waals surface area contributed by atoms with Gasteiger partial charge >= 0.3 is 6.03 Å². The third kappa shape index (κ3) is 3.51. The number of benzene rings is 1. The molecule has 2 rings (SSSR count). The van der Waals surface area contributed by atoms with Crippen LogP contribution in [-0.2, 0) is 13.1 Å². The molecular weight excluding hydrogens is 232 g/mol. The second-order valence-corrected chi connectivity index (χ2v) is 3.81. The standard InChI is InChI=1S/C12H14N4O2/c17-11-6-10(15-16-11)8-14-12(18)13-7-9-4-2-1-3-5-9/h1-6H,7-8H2,(H2,13,14,18)(H2,15,16,17). The molecule has 4 N–H and O–H groups in total. The zero-order valence-corrected chi connectivity index (χ0v) is 9.69. The molecule has 0 fully saturated rings. The van der Waals surface area contributed by atoms with Gasteiger partial charge in [0.2, 0.25) is 0 Å². The van der Waals surface area contributed by atoms with Crippen LogP contribution >= 0.6 is 0 Å². The summed E-state index contributed by atoms with van der Waals surface area (Å²) in [7, 11) is 0. The molecule has 0 saturated heterocycles. The molecule has 2 aromatic rings. The number of nitrogens with one attached hydrogen (secondary N) is 4. The number of carbonyl (C=O) groups excluding carboxylic acids is 1. The number of H-pyrrole nitrogens is 2. The van der Waals surface area contributed by atoms with Crippen molar-refractivity contribution in [2.75, 3.05) is 0 Å². The molecule has 1 aromatic heterocycles. The van der Waals surface area contributed by atoms with Crippen molar-refractivity contribution in [3.05, 3.63) is 58.0 Å². The number of aromatic nitrogens is 2. The highest BCUT2D eigenvalue weighted by molar-refractivity contribution is 5.73. The van der Waals surface area contributed by atoms with Crippen molar-refractivity contribution < 1.29 is 4.79 Å².